The maximum atomic E-state index is 6.08. The summed E-state index contributed by atoms with van der Waals surface area (Å²) in [5.74, 6) is 0.852. The van der Waals surface area contributed by atoms with Crippen molar-refractivity contribution in [3.05, 3.63) is 53.1 Å². The molecule has 0 bridgehead atoms. The van der Waals surface area contributed by atoms with Crippen molar-refractivity contribution in [1.82, 2.24) is 4.90 Å². The SMILES string of the molecule is COc1ccc2c(c1)C=NC(CN1CCc3c(N)cccc3C1)N2. The number of ether oxygens (including phenoxy) is 1. The van der Waals surface area contributed by atoms with Crippen LogP contribution in [0.4, 0.5) is 11.4 Å². The first-order valence-corrected chi connectivity index (χ1v) is 8.29. The number of hydrogen-bond donors (Lipinski definition) is 2. The Morgan fingerprint density at radius 3 is 3.12 bits per heavy atom. The highest BCUT2D eigenvalue weighted by Gasteiger charge is 2.22. The molecule has 1 unspecified atom stereocenters. The average molecular weight is 322 g/mol. The third kappa shape index (κ3) is 2.83. The van der Waals surface area contributed by atoms with Gasteiger partial charge in [-0.05, 0) is 41.8 Å². The zero-order valence-corrected chi connectivity index (χ0v) is 13.8. The fourth-order valence-electron chi connectivity index (χ4n) is 3.48. The summed E-state index contributed by atoms with van der Waals surface area (Å²) in [5, 5.41) is 3.51. The van der Waals surface area contributed by atoms with E-state index >= 15 is 0 Å². The average Bonchev–Trinajstić information content (AvgIpc) is 2.61. The van der Waals surface area contributed by atoms with Crippen LogP contribution in [0.25, 0.3) is 0 Å². The zero-order chi connectivity index (χ0) is 16.5. The summed E-state index contributed by atoms with van der Waals surface area (Å²) in [6.45, 7) is 2.84. The van der Waals surface area contributed by atoms with E-state index in [2.05, 4.69) is 27.3 Å². The van der Waals surface area contributed by atoms with E-state index in [1.807, 2.05) is 30.5 Å². The number of nitrogens with two attached hydrogens (primary N) is 1. The molecule has 0 saturated carbocycles. The highest BCUT2D eigenvalue weighted by molar-refractivity contribution is 5.90. The van der Waals surface area contributed by atoms with E-state index in [0.29, 0.717) is 0 Å². The summed E-state index contributed by atoms with van der Waals surface area (Å²) < 4.78 is 5.26. The lowest BCUT2D eigenvalue weighted by molar-refractivity contribution is 0.245. The highest BCUT2D eigenvalue weighted by Crippen LogP contribution is 2.27. The number of nitrogen functional groups attached to an aromatic ring is 1. The number of benzene rings is 2. The maximum absolute atomic E-state index is 6.08. The van der Waals surface area contributed by atoms with Crippen molar-refractivity contribution in [3.8, 4) is 5.75 Å². The second-order valence-corrected chi connectivity index (χ2v) is 6.36. The van der Waals surface area contributed by atoms with E-state index in [0.717, 1.165) is 48.7 Å². The predicted octanol–water partition coefficient (Wildman–Crippen LogP) is 2.51. The molecule has 0 fully saturated rings. The maximum Gasteiger partial charge on any atom is 0.131 e. The Hall–Kier alpha value is -2.53. The number of aliphatic imine (C=N–C) groups is 1. The molecule has 2 heterocycles. The van der Waals surface area contributed by atoms with Crippen molar-refractivity contribution in [2.45, 2.75) is 19.1 Å². The number of nitrogens with zero attached hydrogens (tertiary/aromatic N) is 2. The first-order chi connectivity index (χ1) is 11.7. The number of hydrogen-bond acceptors (Lipinski definition) is 5. The van der Waals surface area contributed by atoms with Gasteiger partial charge in [-0.15, -0.1) is 0 Å². The summed E-state index contributed by atoms with van der Waals surface area (Å²) >= 11 is 0. The van der Waals surface area contributed by atoms with Gasteiger partial charge in [-0.3, -0.25) is 9.89 Å². The first-order valence-electron chi connectivity index (χ1n) is 8.29. The van der Waals surface area contributed by atoms with Crippen LogP contribution in [-0.4, -0.2) is 37.5 Å². The molecule has 0 saturated heterocycles. The molecule has 1 atom stereocenters. The molecule has 0 aromatic heterocycles. The molecule has 0 aliphatic carbocycles. The molecular formula is C19H22N4O. The summed E-state index contributed by atoms with van der Waals surface area (Å²) in [5.41, 5.74) is 11.8. The Labute approximate surface area is 142 Å². The molecule has 3 N–H and O–H groups in total. The van der Waals surface area contributed by atoms with E-state index < -0.39 is 0 Å². The Balaban J connectivity index is 1.44. The molecule has 5 nitrogen and oxygen atoms in total. The van der Waals surface area contributed by atoms with E-state index in [-0.39, 0.29) is 6.17 Å². The van der Waals surface area contributed by atoms with Gasteiger partial charge in [0.2, 0.25) is 0 Å². The third-order valence-electron chi connectivity index (χ3n) is 4.79. The predicted molar refractivity (Wildman–Crippen MR) is 97.8 cm³/mol. The van der Waals surface area contributed by atoms with E-state index in [1.54, 1.807) is 7.11 Å². The fraction of sp³-hybridized carbons (Fsp3) is 0.316. The molecular weight excluding hydrogens is 300 g/mol. The van der Waals surface area contributed by atoms with Crippen LogP contribution in [0.15, 0.2) is 41.4 Å². The number of nitrogens with one attached hydrogen (secondary N) is 1. The van der Waals surface area contributed by atoms with Crippen LogP contribution in [0.2, 0.25) is 0 Å². The third-order valence-corrected chi connectivity index (χ3v) is 4.79. The summed E-state index contributed by atoms with van der Waals surface area (Å²) in [6.07, 6.45) is 3.02. The van der Waals surface area contributed by atoms with Crippen LogP contribution in [-0.2, 0) is 13.0 Å². The molecule has 0 amide bonds. The summed E-state index contributed by atoms with van der Waals surface area (Å²) in [7, 11) is 1.68. The van der Waals surface area contributed by atoms with Gasteiger partial charge in [0.05, 0.1) is 7.11 Å². The summed E-state index contributed by atoms with van der Waals surface area (Å²) in [4.78, 5) is 7.09. The highest BCUT2D eigenvalue weighted by atomic mass is 16.5. The van der Waals surface area contributed by atoms with Gasteiger partial charge in [0.15, 0.2) is 0 Å². The lowest BCUT2D eigenvalue weighted by atomic mass is 9.98. The monoisotopic (exact) mass is 322 g/mol. The van der Waals surface area contributed by atoms with Gasteiger partial charge in [-0.1, -0.05) is 12.1 Å². The van der Waals surface area contributed by atoms with Crippen molar-refractivity contribution in [1.29, 1.82) is 0 Å². The number of anilines is 2. The molecule has 2 aromatic rings. The zero-order valence-electron chi connectivity index (χ0n) is 13.8. The van der Waals surface area contributed by atoms with Crippen molar-refractivity contribution >= 4 is 17.6 Å². The molecule has 4 rings (SSSR count). The Kier molecular flexibility index (Phi) is 3.86. The van der Waals surface area contributed by atoms with Crippen LogP contribution < -0.4 is 15.8 Å². The molecule has 2 aliphatic rings. The molecule has 24 heavy (non-hydrogen) atoms. The van der Waals surface area contributed by atoms with Crippen molar-refractivity contribution < 1.29 is 4.74 Å². The number of methoxy groups -OCH3 is 1. The lowest BCUT2D eigenvalue weighted by Crippen LogP contribution is -2.40. The molecule has 0 spiro atoms. The Morgan fingerprint density at radius 1 is 1.33 bits per heavy atom. The second kappa shape index (κ2) is 6.17. The van der Waals surface area contributed by atoms with Gasteiger partial charge in [0, 0.05) is 42.8 Å². The smallest absolute Gasteiger partial charge is 0.131 e. The molecule has 5 heteroatoms. The van der Waals surface area contributed by atoms with Gasteiger partial charge in [0.25, 0.3) is 0 Å². The van der Waals surface area contributed by atoms with Gasteiger partial charge in [-0.2, -0.15) is 0 Å². The molecule has 2 aromatic carbocycles. The van der Waals surface area contributed by atoms with E-state index in [4.69, 9.17) is 10.5 Å². The van der Waals surface area contributed by atoms with Crippen molar-refractivity contribution in [3.63, 3.8) is 0 Å². The lowest BCUT2D eigenvalue weighted by Gasteiger charge is -2.32. The number of fused-ring (bicyclic) bond motifs is 2. The van der Waals surface area contributed by atoms with Gasteiger partial charge in [-0.25, -0.2) is 0 Å². The Morgan fingerprint density at radius 2 is 2.25 bits per heavy atom. The summed E-state index contributed by atoms with van der Waals surface area (Å²) in [6, 6.07) is 12.2. The molecule has 2 aliphatic heterocycles. The quantitative estimate of drug-likeness (QED) is 0.852. The Bertz CT molecular complexity index is 787. The minimum atomic E-state index is 0.0773. The van der Waals surface area contributed by atoms with Crippen LogP contribution in [0.3, 0.4) is 0 Å². The van der Waals surface area contributed by atoms with Crippen LogP contribution in [0.1, 0.15) is 16.7 Å². The van der Waals surface area contributed by atoms with Crippen molar-refractivity contribution in [2.75, 3.05) is 31.2 Å². The molecule has 124 valence electrons. The van der Waals surface area contributed by atoms with Crippen LogP contribution >= 0.6 is 0 Å². The largest absolute Gasteiger partial charge is 0.497 e. The van der Waals surface area contributed by atoms with E-state index in [1.165, 1.54) is 11.1 Å². The van der Waals surface area contributed by atoms with Crippen LogP contribution in [0, 0.1) is 0 Å². The van der Waals surface area contributed by atoms with Crippen LogP contribution in [0.5, 0.6) is 5.75 Å². The van der Waals surface area contributed by atoms with E-state index in [9.17, 15) is 0 Å². The fourth-order valence-corrected chi connectivity index (χ4v) is 3.48. The minimum absolute atomic E-state index is 0.0773. The van der Waals surface area contributed by atoms with Gasteiger partial charge < -0.3 is 15.8 Å². The standard InChI is InChI=1S/C19H22N4O/c1-24-15-5-6-18-14(9-15)10-21-19(22-18)12-23-8-7-16-13(11-23)3-2-4-17(16)20/h2-6,9-10,19,22H,7-8,11-12,20H2,1H3. The normalized spacial score (nSPS) is 19.3. The van der Waals surface area contributed by atoms with Crippen molar-refractivity contribution in [2.24, 2.45) is 4.99 Å². The topological polar surface area (TPSA) is 62.9 Å². The molecule has 0 radical (unpaired) electrons. The first kappa shape index (κ1) is 15.0. The second-order valence-electron chi connectivity index (χ2n) is 6.36. The number of rotatable bonds is 3. The van der Waals surface area contributed by atoms with Gasteiger partial charge >= 0.3 is 0 Å². The van der Waals surface area contributed by atoms with Gasteiger partial charge in [0.1, 0.15) is 11.9 Å². The minimum Gasteiger partial charge on any atom is -0.497 e.